The molecule has 2 atom stereocenters. The van der Waals surface area contributed by atoms with Crippen molar-refractivity contribution in [1.82, 2.24) is 14.8 Å². The maximum absolute atomic E-state index is 15.0. The van der Waals surface area contributed by atoms with Crippen LogP contribution in [-0.2, 0) is 6.42 Å². The Balaban J connectivity index is 1.49. The molecule has 1 N–H and O–H groups in total. The number of nitriles is 1. The molecule has 3 heterocycles. The van der Waals surface area contributed by atoms with E-state index in [2.05, 4.69) is 52.9 Å². The number of fused-ring (bicyclic) bond motifs is 3. The van der Waals surface area contributed by atoms with Gasteiger partial charge in [-0.3, -0.25) is 9.80 Å². The quantitative estimate of drug-likeness (QED) is 0.423. The van der Waals surface area contributed by atoms with Crippen LogP contribution in [0.2, 0.25) is 0 Å². The number of para-hydroxylation sites is 1. The molecule has 0 unspecified atom stereocenters. The minimum atomic E-state index is -1.36. The summed E-state index contributed by atoms with van der Waals surface area (Å²) in [4.78, 5) is 8.25. The summed E-state index contributed by atoms with van der Waals surface area (Å²) in [5.74, 6) is 0.730. The van der Waals surface area contributed by atoms with Crippen molar-refractivity contribution in [3.63, 3.8) is 0 Å². The summed E-state index contributed by atoms with van der Waals surface area (Å²) in [6, 6.07) is 16.5. The van der Waals surface area contributed by atoms with Crippen LogP contribution in [0.1, 0.15) is 69.0 Å². The maximum atomic E-state index is 15.0. The maximum Gasteiger partial charge on any atom is 0.124 e. The van der Waals surface area contributed by atoms with Gasteiger partial charge in [-0.15, -0.1) is 0 Å². The molecule has 0 saturated carbocycles. The van der Waals surface area contributed by atoms with Crippen molar-refractivity contribution in [3.8, 4) is 11.8 Å². The predicted molar refractivity (Wildman–Crippen MR) is 142 cm³/mol. The summed E-state index contributed by atoms with van der Waals surface area (Å²) in [5, 5.41) is 11.4. The van der Waals surface area contributed by atoms with Crippen LogP contribution in [0.4, 0.5) is 4.39 Å². The third-order valence-electron chi connectivity index (χ3n) is 7.57. The average Bonchev–Trinajstić information content (AvgIpc) is 3.18. The Bertz CT molecular complexity index is 1260. The van der Waals surface area contributed by atoms with Crippen molar-refractivity contribution in [3.05, 3.63) is 64.8 Å². The van der Waals surface area contributed by atoms with Gasteiger partial charge in [0.15, 0.2) is 0 Å². The second-order valence-electron chi connectivity index (χ2n) is 11.1. The Morgan fingerprint density at radius 2 is 1.97 bits per heavy atom. The van der Waals surface area contributed by atoms with Crippen LogP contribution in [0, 0.1) is 11.3 Å². The van der Waals surface area contributed by atoms with Gasteiger partial charge in [-0.1, -0.05) is 37.6 Å². The van der Waals surface area contributed by atoms with Gasteiger partial charge in [0.05, 0.1) is 17.7 Å². The molecule has 1 saturated heterocycles. The minimum Gasteiger partial charge on any atom is -0.488 e. The van der Waals surface area contributed by atoms with Crippen LogP contribution in [-0.4, -0.2) is 58.8 Å². The molecular weight excluding hydrogens is 451 g/mol. The molecule has 0 amide bonds. The van der Waals surface area contributed by atoms with Gasteiger partial charge in [0.1, 0.15) is 17.5 Å². The normalized spacial score (nSPS) is 21.2. The number of benzene rings is 2. The van der Waals surface area contributed by atoms with Gasteiger partial charge in [-0.05, 0) is 69.5 Å². The zero-order valence-electron chi connectivity index (χ0n) is 21.9. The van der Waals surface area contributed by atoms with E-state index in [1.54, 1.807) is 13.8 Å². The summed E-state index contributed by atoms with van der Waals surface area (Å²) >= 11 is 0. The fourth-order valence-electron chi connectivity index (χ4n) is 5.82. The number of nitrogens with one attached hydrogen (secondary N) is 1. The summed E-state index contributed by atoms with van der Waals surface area (Å²) in [6.07, 6.45) is 3.41. The number of hydrogen-bond acceptors (Lipinski definition) is 4. The van der Waals surface area contributed by atoms with Gasteiger partial charge in [0, 0.05) is 42.3 Å². The molecule has 0 aliphatic carbocycles. The van der Waals surface area contributed by atoms with E-state index < -0.39 is 5.67 Å². The zero-order valence-corrected chi connectivity index (χ0v) is 21.9. The summed E-state index contributed by atoms with van der Waals surface area (Å²) in [6.45, 7) is 10.9. The van der Waals surface area contributed by atoms with E-state index in [1.807, 2.05) is 24.3 Å². The standard InChI is InChI=1S/C30H37FN4O/c1-5-6-13-34-17-23(18-34)36-22-11-12-24(21(15-22)16-32)29-28-26(25-9-7-8-10-27(25)33-28)14-20(2)35(29)19-30(3,4)31/h7-12,15,20,23,29,33H,5-6,13-14,17-19H2,1-4H3/t20-,29-/m1/s1. The lowest BCUT2D eigenvalue weighted by Gasteiger charge is -2.43. The highest BCUT2D eigenvalue weighted by Crippen LogP contribution is 2.43. The fourth-order valence-corrected chi connectivity index (χ4v) is 5.82. The second-order valence-corrected chi connectivity index (χ2v) is 11.1. The number of likely N-dealkylation sites (tertiary alicyclic amines) is 1. The summed E-state index contributed by atoms with van der Waals surface area (Å²) < 4.78 is 21.2. The highest BCUT2D eigenvalue weighted by atomic mass is 19.1. The first-order valence-electron chi connectivity index (χ1n) is 13.2. The lowest BCUT2D eigenvalue weighted by molar-refractivity contribution is 0.0193. The van der Waals surface area contributed by atoms with Gasteiger partial charge < -0.3 is 9.72 Å². The summed E-state index contributed by atoms with van der Waals surface area (Å²) in [5.41, 5.74) is 3.53. The van der Waals surface area contributed by atoms with E-state index in [9.17, 15) is 5.26 Å². The summed E-state index contributed by atoms with van der Waals surface area (Å²) in [7, 11) is 0. The van der Waals surface area contributed by atoms with Crippen molar-refractivity contribution < 1.29 is 9.13 Å². The number of hydrogen-bond donors (Lipinski definition) is 1. The van der Waals surface area contributed by atoms with E-state index in [0.717, 1.165) is 48.6 Å². The van der Waals surface area contributed by atoms with Gasteiger partial charge in [-0.2, -0.15) is 5.26 Å². The Hall–Kier alpha value is -2.88. The Morgan fingerprint density at radius 1 is 1.19 bits per heavy atom. The predicted octanol–water partition coefficient (Wildman–Crippen LogP) is 5.99. The van der Waals surface area contributed by atoms with Crippen molar-refractivity contribution in [2.75, 3.05) is 26.2 Å². The molecule has 5 rings (SSSR count). The lowest BCUT2D eigenvalue weighted by Crippen LogP contribution is -2.53. The molecule has 0 bridgehead atoms. The van der Waals surface area contributed by atoms with Crippen LogP contribution < -0.4 is 4.74 Å². The van der Waals surface area contributed by atoms with E-state index in [4.69, 9.17) is 4.74 Å². The Kier molecular flexibility index (Phi) is 6.80. The molecule has 0 radical (unpaired) electrons. The molecule has 36 heavy (non-hydrogen) atoms. The minimum absolute atomic E-state index is 0.128. The smallest absolute Gasteiger partial charge is 0.124 e. The number of rotatable bonds is 8. The highest BCUT2D eigenvalue weighted by Gasteiger charge is 2.39. The van der Waals surface area contributed by atoms with E-state index in [-0.39, 0.29) is 24.7 Å². The largest absolute Gasteiger partial charge is 0.488 e. The topological polar surface area (TPSA) is 55.3 Å². The number of alkyl halides is 1. The monoisotopic (exact) mass is 488 g/mol. The van der Waals surface area contributed by atoms with Gasteiger partial charge in [-0.25, -0.2) is 4.39 Å². The molecule has 190 valence electrons. The third kappa shape index (κ3) is 4.87. The lowest BCUT2D eigenvalue weighted by atomic mass is 9.86. The second kappa shape index (κ2) is 9.88. The van der Waals surface area contributed by atoms with E-state index >= 15 is 4.39 Å². The van der Waals surface area contributed by atoms with Crippen molar-refractivity contribution >= 4 is 10.9 Å². The number of unbranched alkanes of at least 4 members (excludes halogenated alkanes) is 1. The van der Waals surface area contributed by atoms with E-state index in [0.29, 0.717) is 5.56 Å². The van der Waals surface area contributed by atoms with Crippen LogP contribution in [0.5, 0.6) is 5.75 Å². The third-order valence-corrected chi connectivity index (χ3v) is 7.57. The van der Waals surface area contributed by atoms with Crippen LogP contribution in [0.15, 0.2) is 42.5 Å². The zero-order chi connectivity index (χ0) is 25.4. The molecule has 1 aromatic heterocycles. The Labute approximate surface area is 213 Å². The van der Waals surface area contributed by atoms with Gasteiger partial charge >= 0.3 is 0 Å². The average molecular weight is 489 g/mol. The molecule has 6 heteroatoms. The number of H-pyrrole nitrogens is 1. The molecule has 1 fully saturated rings. The van der Waals surface area contributed by atoms with Crippen molar-refractivity contribution in [2.45, 2.75) is 70.8 Å². The first kappa shape index (κ1) is 24.8. The van der Waals surface area contributed by atoms with Gasteiger partial charge in [0.25, 0.3) is 0 Å². The SMILES string of the molecule is CCCCN1CC(Oc2ccc([C@@H]3c4[nH]c5ccccc5c4C[C@@H](C)N3CC(C)(C)F)c(C#N)c2)C1. The molecule has 0 spiro atoms. The molecule has 3 aromatic rings. The number of nitrogens with zero attached hydrogens (tertiary/aromatic N) is 3. The van der Waals surface area contributed by atoms with Crippen molar-refractivity contribution in [1.29, 1.82) is 5.26 Å². The first-order chi connectivity index (χ1) is 17.3. The number of aromatic amines is 1. The van der Waals surface area contributed by atoms with Crippen LogP contribution >= 0.6 is 0 Å². The molecule has 2 aromatic carbocycles. The number of halogens is 1. The highest BCUT2D eigenvalue weighted by molar-refractivity contribution is 5.85. The number of aromatic nitrogens is 1. The van der Waals surface area contributed by atoms with Gasteiger partial charge in [0.2, 0.25) is 0 Å². The van der Waals surface area contributed by atoms with Crippen LogP contribution in [0.25, 0.3) is 10.9 Å². The van der Waals surface area contributed by atoms with E-state index in [1.165, 1.54) is 23.8 Å². The first-order valence-corrected chi connectivity index (χ1v) is 13.2. The Morgan fingerprint density at radius 3 is 2.69 bits per heavy atom. The molecule has 2 aliphatic rings. The van der Waals surface area contributed by atoms with Crippen molar-refractivity contribution in [2.24, 2.45) is 0 Å². The molecule has 2 aliphatic heterocycles. The fraction of sp³-hybridized carbons (Fsp3) is 0.500. The molecular formula is C30H37FN4O. The van der Waals surface area contributed by atoms with Crippen LogP contribution in [0.3, 0.4) is 0 Å². The molecule has 5 nitrogen and oxygen atoms in total. The number of ether oxygens (including phenoxy) is 1.